The summed E-state index contributed by atoms with van der Waals surface area (Å²) in [7, 11) is 0. The average molecular weight is 485 g/mol. The molecule has 0 heterocycles. The number of carboxylic acids is 2. The van der Waals surface area contributed by atoms with Crippen LogP contribution in [0.25, 0.3) is 0 Å². The molecule has 0 fully saturated rings. The van der Waals surface area contributed by atoms with E-state index in [0.717, 1.165) is 38.5 Å². The number of ketones is 1. The molecule has 1 amide bonds. The van der Waals surface area contributed by atoms with Crippen LogP contribution in [0.2, 0.25) is 0 Å². The van der Waals surface area contributed by atoms with Crippen molar-refractivity contribution in [1.82, 2.24) is 5.32 Å². The number of hydrogen-bond donors (Lipinski definition) is 4. The molecule has 0 saturated carbocycles. The lowest BCUT2D eigenvalue weighted by Crippen LogP contribution is -2.43. The molecular formula is C26H48N2O6. The Morgan fingerprint density at radius 1 is 0.559 bits per heavy atom. The molecule has 0 unspecified atom stereocenters. The Morgan fingerprint density at radius 2 is 0.912 bits per heavy atom. The van der Waals surface area contributed by atoms with Crippen LogP contribution in [0.5, 0.6) is 0 Å². The van der Waals surface area contributed by atoms with Gasteiger partial charge in [0, 0.05) is 19.3 Å². The summed E-state index contributed by atoms with van der Waals surface area (Å²) in [5.74, 6) is -2.23. The highest BCUT2D eigenvalue weighted by Gasteiger charge is 2.20. The van der Waals surface area contributed by atoms with Crippen LogP contribution in [0.1, 0.15) is 128 Å². The number of unbranched alkanes of at least 4 members (excludes halogenated alkanes) is 15. The fourth-order valence-electron chi connectivity index (χ4n) is 4.03. The summed E-state index contributed by atoms with van der Waals surface area (Å²) in [4.78, 5) is 44.9. The average Bonchev–Trinajstić information content (AvgIpc) is 2.80. The molecule has 198 valence electrons. The third kappa shape index (κ3) is 21.9. The van der Waals surface area contributed by atoms with Crippen LogP contribution in [0.15, 0.2) is 0 Å². The standard InChI is InChI=1S/C26H48N2O6/c27-21-23(29)22(19-20-26(33)34)28-24(30)17-15-13-11-9-7-5-3-1-2-4-6-8-10-12-14-16-18-25(31)32/h22H,1-21,27H2,(H,28,30)(H,31,32)(H,33,34)/t22-/m0/s1. The maximum Gasteiger partial charge on any atom is 0.303 e. The number of nitrogens with two attached hydrogens (primary N) is 1. The Balaban J connectivity index is 3.46. The summed E-state index contributed by atoms with van der Waals surface area (Å²) < 4.78 is 0. The molecule has 0 aromatic carbocycles. The molecule has 0 aliphatic heterocycles. The van der Waals surface area contributed by atoms with Gasteiger partial charge in [0.15, 0.2) is 5.78 Å². The number of Topliss-reactive ketones (excluding diaryl/α,β-unsaturated/α-hetero) is 1. The molecule has 0 bridgehead atoms. The lowest BCUT2D eigenvalue weighted by atomic mass is 10.0. The molecule has 1 atom stereocenters. The Bertz CT molecular complexity index is 567. The van der Waals surface area contributed by atoms with E-state index in [4.69, 9.17) is 15.9 Å². The first-order valence-corrected chi connectivity index (χ1v) is 13.3. The largest absolute Gasteiger partial charge is 0.481 e. The third-order valence-corrected chi connectivity index (χ3v) is 6.12. The first-order valence-electron chi connectivity index (χ1n) is 13.3. The maximum absolute atomic E-state index is 12.0. The van der Waals surface area contributed by atoms with Gasteiger partial charge in [-0.3, -0.25) is 19.2 Å². The molecule has 0 aromatic rings. The molecule has 0 aromatic heterocycles. The molecule has 8 heteroatoms. The number of aliphatic carboxylic acids is 2. The molecule has 0 aliphatic carbocycles. The molecule has 34 heavy (non-hydrogen) atoms. The molecule has 0 radical (unpaired) electrons. The van der Waals surface area contributed by atoms with E-state index < -0.39 is 18.0 Å². The number of amides is 1. The van der Waals surface area contributed by atoms with Gasteiger partial charge >= 0.3 is 11.9 Å². The first-order chi connectivity index (χ1) is 16.4. The van der Waals surface area contributed by atoms with Crippen LogP contribution in [-0.2, 0) is 19.2 Å². The Morgan fingerprint density at radius 3 is 1.26 bits per heavy atom. The monoisotopic (exact) mass is 484 g/mol. The molecular weight excluding hydrogens is 436 g/mol. The maximum atomic E-state index is 12.0. The van der Waals surface area contributed by atoms with Crippen LogP contribution >= 0.6 is 0 Å². The second-order valence-electron chi connectivity index (χ2n) is 9.27. The highest BCUT2D eigenvalue weighted by Crippen LogP contribution is 2.14. The van der Waals surface area contributed by atoms with Gasteiger partial charge in [-0.25, -0.2) is 0 Å². The number of hydrogen-bond acceptors (Lipinski definition) is 5. The number of carbonyl (C=O) groups excluding carboxylic acids is 2. The van der Waals surface area contributed by atoms with Gasteiger partial charge in [-0.2, -0.15) is 0 Å². The van der Waals surface area contributed by atoms with Gasteiger partial charge < -0.3 is 21.3 Å². The molecule has 8 nitrogen and oxygen atoms in total. The predicted molar refractivity (Wildman–Crippen MR) is 134 cm³/mol. The van der Waals surface area contributed by atoms with E-state index in [1.54, 1.807) is 0 Å². The minimum atomic E-state index is -0.998. The van der Waals surface area contributed by atoms with Gasteiger partial charge in [0.05, 0.1) is 12.6 Å². The van der Waals surface area contributed by atoms with Crippen molar-refractivity contribution in [3.05, 3.63) is 0 Å². The predicted octanol–water partition coefficient (Wildman–Crippen LogP) is 4.97. The number of nitrogens with one attached hydrogen (secondary N) is 1. The van der Waals surface area contributed by atoms with Gasteiger partial charge in [-0.1, -0.05) is 89.9 Å². The van der Waals surface area contributed by atoms with Crippen LogP contribution in [0.4, 0.5) is 0 Å². The van der Waals surface area contributed by atoms with Crippen molar-refractivity contribution >= 4 is 23.6 Å². The highest BCUT2D eigenvalue weighted by molar-refractivity contribution is 5.90. The molecule has 0 saturated heterocycles. The number of carboxylic acid groups (broad SMARTS) is 2. The lowest BCUT2D eigenvalue weighted by Gasteiger charge is -2.16. The summed E-state index contributed by atoms with van der Waals surface area (Å²) in [6.45, 7) is -0.206. The van der Waals surface area contributed by atoms with E-state index in [1.165, 1.54) is 64.2 Å². The van der Waals surface area contributed by atoms with Crippen molar-refractivity contribution in [3.8, 4) is 0 Å². The van der Waals surface area contributed by atoms with E-state index in [-0.39, 0.29) is 31.1 Å². The van der Waals surface area contributed by atoms with Gasteiger partial charge in [-0.15, -0.1) is 0 Å². The zero-order chi connectivity index (χ0) is 25.4. The molecule has 5 N–H and O–H groups in total. The van der Waals surface area contributed by atoms with Crippen molar-refractivity contribution in [2.24, 2.45) is 5.73 Å². The van der Waals surface area contributed by atoms with Crippen LogP contribution in [-0.4, -0.2) is 46.4 Å². The second kappa shape index (κ2) is 22.8. The quantitative estimate of drug-likeness (QED) is 0.134. The summed E-state index contributed by atoms with van der Waals surface area (Å²) in [5.41, 5.74) is 5.34. The van der Waals surface area contributed by atoms with E-state index in [1.807, 2.05) is 0 Å². The van der Waals surface area contributed by atoms with Crippen molar-refractivity contribution < 1.29 is 29.4 Å². The minimum absolute atomic E-state index is 0.0767. The number of carbonyl (C=O) groups is 4. The van der Waals surface area contributed by atoms with Crippen LogP contribution in [0.3, 0.4) is 0 Å². The van der Waals surface area contributed by atoms with Crippen molar-refractivity contribution in [3.63, 3.8) is 0 Å². The summed E-state index contributed by atoms with van der Waals surface area (Å²) in [6, 6.07) is -0.802. The van der Waals surface area contributed by atoms with Crippen molar-refractivity contribution in [2.75, 3.05) is 6.54 Å². The second-order valence-corrected chi connectivity index (χ2v) is 9.27. The molecule has 0 rings (SSSR count). The molecule has 0 spiro atoms. The Hall–Kier alpha value is -1.96. The topological polar surface area (TPSA) is 147 Å². The first kappa shape index (κ1) is 32.0. The zero-order valence-electron chi connectivity index (χ0n) is 21.0. The van der Waals surface area contributed by atoms with Gasteiger partial charge in [0.1, 0.15) is 0 Å². The lowest BCUT2D eigenvalue weighted by molar-refractivity contribution is -0.138. The van der Waals surface area contributed by atoms with Crippen molar-refractivity contribution in [1.29, 1.82) is 0 Å². The van der Waals surface area contributed by atoms with Gasteiger partial charge in [-0.05, 0) is 19.3 Å². The Labute approximate surface area is 205 Å². The smallest absolute Gasteiger partial charge is 0.303 e. The number of rotatable bonds is 25. The van der Waals surface area contributed by atoms with Gasteiger partial charge in [0.25, 0.3) is 0 Å². The van der Waals surface area contributed by atoms with Crippen molar-refractivity contribution in [2.45, 2.75) is 134 Å². The zero-order valence-corrected chi connectivity index (χ0v) is 21.0. The molecule has 0 aliphatic rings. The highest BCUT2D eigenvalue weighted by atomic mass is 16.4. The van der Waals surface area contributed by atoms with E-state index in [9.17, 15) is 19.2 Å². The summed E-state index contributed by atoms with van der Waals surface area (Å²) in [5, 5.41) is 20.0. The third-order valence-electron chi connectivity index (χ3n) is 6.12. The summed E-state index contributed by atoms with van der Waals surface area (Å²) in [6.07, 6.45) is 19.0. The van der Waals surface area contributed by atoms with Crippen LogP contribution in [0, 0.1) is 0 Å². The van der Waals surface area contributed by atoms with E-state index >= 15 is 0 Å². The Kier molecular flexibility index (Phi) is 21.5. The van der Waals surface area contributed by atoms with E-state index in [0.29, 0.717) is 12.8 Å². The normalized spacial score (nSPS) is 11.8. The fraction of sp³-hybridized carbons (Fsp3) is 0.846. The van der Waals surface area contributed by atoms with E-state index in [2.05, 4.69) is 5.32 Å². The van der Waals surface area contributed by atoms with Crippen LogP contribution < -0.4 is 11.1 Å². The SMILES string of the molecule is NCC(=O)[C@H](CCC(=O)O)NC(=O)CCCCCCCCCCCCCCCCCCC(=O)O. The summed E-state index contributed by atoms with van der Waals surface area (Å²) >= 11 is 0. The van der Waals surface area contributed by atoms with Gasteiger partial charge in [0.2, 0.25) is 5.91 Å². The minimum Gasteiger partial charge on any atom is -0.481 e. The fourth-order valence-corrected chi connectivity index (χ4v) is 4.03.